The zero-order valence-corrected chi connectivity index (χ0v) is 16.9. The fourth-order valence-electron chi connectivity index (χ4n) is 4.50. The Morgan fingerprint density at radius 2 is 1.37 bits per heavy atom. The second-order valence-corrected chi connectivity index (χ2v) is 8.06. The molecule has 2 amide bonds. The Morgan fingerprint density at radius 3 is 1.97 bits per heavy atom. The summed E-state index contributed by atoms with van der Waals surface area (Å²) in [6.07, 6.45) is -0.892. The van der Waals surface area contributed by atoms with E-state index in [0.29, 0.717) is 5.69 Å². The van der Waals surface area contributed by atoms with Gasteiger partial charge in [-0.05, 0) is 43.7 Å². The lowest BCUT2D eigenvalue weighted by Crippen LogP contribution is -2.41. The molecule has 0 bridgehead atoms. The van der Waals surface area contributed by atoms with Gasteiger partial charge in [0.05, 0.1) is 17.4 Å². The molecule has 3 unspecified atom stereocenters. The van der Waals surface area contributed by atoms with Crippen LogP contribution in [0.25, 0.3) is 0 Å². The minimum atomic E-state index is -1.06. The first kappa shape index (κ1) is 18.6. The van der Waals surface area contributed by atoms with Crippen molar-refractivity contribution >= 4 is 23.2 Å². The quantitative estimate of drug-likeness (QED) is 0.612. The molecule has 5 nitrogen and oxygen atoms in total. The van der Waals surface area contributed by atoms with Crippen LogP contribution in [0, 0.1) is 12.3 Å². The summed E-state index contributed by atoms with van der Waals surface area (Å²) < 4.78 is 0. The Labute approximate surface area is 175 Å². The predicted molar refractivity (Wildman–Crippen MR) is 115 cm³/mol. The number of hydrogen-bond acceptors (Lipinski definition) is 4. The van der Waals surface area contributed by atoms with Crippen LogP contribution < -0.4 is 9.96 Å². The second kappa shape index (κ2) is 6.82. The van der Waals surface area contributed by atoms with Crippen LogP contribution in [0.1, 0.15) is 24.1 Å². The molecule has 0 N–H and O–H groups in total. The number of carbonyl (C=O) groups is 2. The minimum absolute atomic E-state index is 0.243. The highest BCUT2D eigenvalue weighted by Gasteiger charge is 2.68. The average molecular weight is 398 g/mol. The van der Waals surface area contributed by atoms with E-state index in [1.165, 1.54) is 4.90 Å². The average Bonchev–Trinajstić information content (AvgIpc) is 3.19. The maximum atomic E-state index is 13.7. The van der Waals surface area contributed by atoms with Crippen LogP contribution >= 0.6 is 0 Å². The fourth-order valence-corrected chi connectivity index (χ4v) is 4.50. The Kier molecular flexibility index (Phi) is 4.22. The molecule has 2 aliphatic heterocycles. The molecular weight excluding hydrogens is 376 g/mol. The molecule has 0 radical (unpaired) electrons. The molecule has 0 aliphatic carbocycles. The highest BCUT2D eigenvalue weighted by atomic mass is 16.7. The molecule has 0 saturated carbocycles. The van der Waals surface area contributed by atoms with Gasteiger partial charge in [-0.15, -0.1) is 0 Å². The van der Waals surface area contributed by atoms with Crippen LogP contribution in [-0.2, 0) is 14.4 Å². The normalized spacial score (nSPS) is 25.7. The lowest BCUT2D eigenvalue weighted by atomic mass is 9.76. The summed E-state index contributed by atoms with van der Waals surface area (Å²) in [5, 5.41) is 1.73. The standard InChI is InChI=1S/C25H22N2O3/c1-17-13-15-18(16-14-17)21-25(2)22(30-27(21)20-11-7-4-8-12-20)23(28)26(24(25)29)19-9-5-3-6-10-19/h3-16,21-22H,1-2H3. The van der Waals surface area contributed by atoms with E-state index < -0.39 is 17.6 Å². The molecule has 3 aromatic carbocycles. The number of benzene rings is 3. The van der Waals surface area contributed by atoms with Crippen molar-refractivity contribution in [3.8, 4) is 0 Å². The first-order valence-corrected chi connectivity index (χ1v) is 10.0. The summed E-state index contributed by atoms with van der Waals surface area (Å²) in [7, 11) is 0. The van der Waals surface area contributed by atoms with Crippen molar-refractivity contribution in [2.75, 3.05) is 9.96 Å². The van der Waals surface area contributed by atoms with Crippen molar-refractivity contribution in [2.24, 2.45) is 5.41 Å². The van der Waals surface area contributed by atoms with Gasteiger partial charge in [0.2, 0.25) is 5.91 Å². The van der Waals surface area contributed by atoms with E-state index in [0.717, 1.165) is 16.8 Å². The molecule has 2 fully saturated rings. The van der Waals surface area contributed by atoms with Crippen molar-refractivity contribution in [3.05, 3.63) is 96.1 Å². The SMILES string of the molecule is Cc1ccc(C2N(c3ccccc3)OC3C(=O)N(c4ccccc4)C(=O)C32C)cc1. The molecule has 5 rings (SSSR count). The van der Waals surface area contributed by atoms with Gasteiger partial charge in [0, 0.05) is 0 Å². The summed E-state index contributed by atoms with van der Waals surface area (Å²) in [5.74, 6) is -0.572. The molecule has 3 aromatic rings. The third-order valence-corrected chi connectivity index (χ3v) is 6.09. The van der Waals surface area contributed by atoms with E-state index in [1.54, 1.807) is 17.2 Å². The molecule has 5 heteroatoms. The molecule has 30 heavy (non-hydrogen) atoms. The topological polar surface area (TPSA) is 49.9 Å². The smallest absolute Gasteiger partial charge is 0.266 e. The number of imide groups is 1. The van der Waals surface area contributed by atoms with Crippen LogP contribution in [0.15, 0.2) is 84.9 Å². The highest BCUT2D eigenvalue weighted by Crippen LogP contribution is 2.55. The zero-order valence-electron chi connectivity index (χ0n) is 16.9. The number of para-hydroxylation sites is 2. The minimum Gasteiger partial charge on any atom is -0.273 e. The van der Waals surface area contributed by atoms with E-state index in [-0.39, 0.29) is 11.8 Å². The van der Waals surface area contributed by atoms with Gasteiger partial charge in [0.15, 0.2) is 6.10 Å². The van der Waals surface area contributed by atoms with Crippen molar-refractivity contribution in [1.29, 1.82) is 0 Å². The summed E-state index contributed by atoms with van der Waals surface area (Å²) in [6.45, 7) is 3.87. The molecule has 3 atom stereocenters. The molecule has 150 valence electrons. The van der Waals surface area contributed by atoms with Crippen LogP contribution in [-0.4, -0.2) is 17.9 Å². The maximum absolute atomic E-state index is 13.7. The Bertz CT molecular complexity index is 1100. The first-order valence-electron chi connectivity index (χ1n) is 10.0. The van der Waals surface area contributed by atoms with Crippen molar-refractivity contribution < 1.29 is 14.4 Å². The molecule has 0 aromatic heterocycles. The second-order valence-electron chi connectivity index (χ2n) is 8.06. The van der Waals surface area contributed by atoms with Crippen molar-refractivity contribution in [3.63, 3.8) is 0 Å². The maximum Gasteiger partial charge on any atom is 0.266 e. The summed E-state index contributed by atoms with van der Waals surface area (Å²) in [4.78, 5) is 34.6. The van der Waals surface area contributed by atoms with Crippen LogP contribution in [0.5, 0.6) is 0 Å². The predicted octanol–water partition coefficient (Wildman–Crippen LogP) is 4.44. The molecular formula is C25H22N2O3. The number of nitrogens with zero attached hydrogens (tertiary/aromatic N) is 2. The number of hydrogen-bond donors (Lipinski definition) is 0. The molecule has 2 aliphatic rings. The summed E-state index contributed by atoms with van der Waals surface area (Å²) >= 11 is 0. The largest absolute Gasteiger partial charge is 0.273 e. The van der Waals surface area contributed by atoms with Gasteiger partial charge in [-0.2, -0.15) is 0 Å². The third-order valence-electron chi connectivity index (χ3n) is 6.09. The Hall–Kier alpha value is -3.44. The van der Waals surface area contributed by atoms with Gasteiger partial charge < -0.3 is 0 Å². The molecule has 2 saturated heterocycles. The van der Waals surface area contributed by atoms with E-state index in [9.17, 15) is 9.59 Å². The van der Waals surface area contributed by atoms with E-state index in [1.807, 2.05) is 86.6 Å². The number of carbonyl (C=O) groups excluding carboxylic acids is 2. The summed E-state index contributed by atoms with van der Waals surface area (Å²) in [6, 6.07) is 26.3. The Morgan fingerprint density at radius 1 is 0.800 bits per heavy atom. The lowest BCUT2D eigenvalue weighted by Gasteiger charge is -2.32. The van der Waals surface area contributed by atoms with Gasteiger partial charge >= 0.3 is 0 Å². The van der Waals surface area contributed by atoms with E-state index in [2.05, 4.69) is 0 Å². The number of fused-ring (bicyclic) bond motifs is 1. The highest BCUT2D eigenvalue weighted by molar-refractivity contribution is 6.25. The van der Waals surface area contributed by atoms with Crippen LogP contribution in [0.4, 0.5) is 11.4 Å². The monoisotopic (exact) mass is 398 g/mol. The zero-order chi connectivity index (χ0) is 20.9. The molecule has 2 heterocycles. The van der Waals surface area contributed by atoms with Crippen LogP contribution in [0.3, 0.4) is 0 Å². The number of hydroxylamine groups is 1. The lowest BCUT2D eigenvalue weighted by molar-refractivity contribution is -0.128. The van der Waals surface area contributed by atoms with Gasteiger partial charge in [-0.25, -0.2) is 9.96 Å². The molecule has 0 spiro atoms. The summed E-state index contributed by atoms with van der Waals surface area (Å²) in [5.41, 5.74) is 2.39. The van der Waals surface area contributed by atoms with Gasteiger partial charge in [-0.1, -0.05) is 66.2 Å². The third kappa shape index (κ3) is 2.59. The van der Waals surface area contributed by atoms with E-state index in [4.69, 9.17) is 4.84 Å². The number of anilines is 2. The van der Waals surface area contributed by atoms with E-state index >= 15 is 0 Å². The first-order chi connectivity index (χ1) is 14.5. The number of aryl methyl sites for hydroxylation is 1. The Balaban J connectivity index is 1.65. The van der Waals surface area contributed by atoms with Gasteiger partial charge in [0.1, 0.15) is 5.41 Å². The fraction of sp³-hybridized carbons (Fsp3) is 0.200. The van der Waals surface area contributed by atoms with Crippen molar-refractivity contribution in [1.82, 2.24) is 0 Å². The van der Waals surface area contributed by atoms with Crippen LogP contribution in [0.2, 0.25) is 0 Å². The number of rotatable bonds is 3. The number of amides is 2. The van der Waals surface area contributed by atoms with Crippen molar-refractivity contribution in [2.45, 2.75) is 26.0 Å². The van der Waals surface area contributed by atoms with Gasteiger partial charge in [0.25, 0.3) is 5.91 Å². The van der Waals surface area contributed by atoms with Gasteiger partial charge in [-0.3, -0.25) is 14.4 Å².